The molecule has 0 atom stereocenters. The van der Waals surface area contributed by atoms with Crippen LogP contribution in [0.4, 0.5) is 17.1 Å². The molecule has 110 valence electrons. The lowest BCUT2D eigenvalue weighted by Gasteiger charge is -2.18. The fraction of sp³-hybridized carbons (Fsp3) is 0.235. The van der Waals surface area contributed by atoms with Crippen molar-refractivity contribution in [3.63, 3.8) is 0 Å². The van der Waals surface area contributed by atoms with E-state index in [-0.39, 0.29) is 0 Å². The van der Waals surface area contributed by atoms with Gasteiger partial charge in [-0.1, -0.05) is 38.1 Å². The molecule has 0 saturated heterocycles. The summed E-state index contributed by atoms with van der Waals surface area (Å²) in [7, 11) is 0. The molecule has 1 amide bonds. The van der Waals surface area contributed by atoms with E-state index in [1.54, 1.807) is 18.2 Å². The first-order valence-corrected chi connectivity index (χ1v) is 7.14. The van der Waals surface area contributed by atoms with Crippen molar-refractivity contribution in [3.05, 3.63) is 53.1 Å². The van der Waals surface area contributed by atoms with E-state index in [9.17, 15) is 4.79 Å². The van der Waals surface area contributed by atoms with Crippen molar-refractivity contribution in [2.24, 2.45) is 5.73 Å². The Morgan fingerprint density at radius 1 is 1.00 bits per heavy atom. The molecule has 0 saturated carbocycles. The molecule has 0 aromatic heterocycles. The smallest absolute Gasteiger partial charge is 0.250 e. The lowest BCUT2D eigenvalue weighted by molar-refractivity contribution is 0.100. The van der Waals surface area contributed by atoms with E-state index < -0.39 is 5.91 Å². The van der Waals surface area contributed by atoms with Gasteiger partial charge < -0.3 is 16.8 Å². The SMILES string of the molecule is CCc1cccc(CC)c1Nc1c(N)cccc1C(N)=O. The summed E-state index contributed by atoms with van der Waals surface area (Å²) in [6, 6.07) is 11.4. The quantitative estimate of drug-likeness (QED) is 0.737. The summed E-state index contributed by atoms with van der Waals surface area (Å²) >= 11 is 0. The lowest BCUT2D eigenvalue weighted by atomic mass is 10.0. The molecule has 2 aromatic rings. The second kappa shape index (κ2) is 6.31. The van der Waals surface area contributed by atoms with Crippen LogP contribution < -0.4 is 16.8 Å². The Bertz CT molecular complexity index is 643. The average Bonchev–Trinajstić information content (AvgIpc) is 2.49. The molecule has 21 heavy (non-hydrogen) atoms. The highest BCUT2D eigenvalue weighted by molar-refractivity contribution is 6.02. The number of para-hydroxylation sites is 2. The predicted octanol–water partition coefficient (Wildman–Crippen LogP) is 3.24. The summed E-state index contributed by atoms with van der Waals surface area (Å²) in [5.74, 6) is -0.489. The van der Waals surface area contributed by atoms with Gasteiger partial charge in [-0.15, -0.1) is 0 Å². The number of carbonyl (C=O) groups excluding carboxylic acids is 1. The number of nitrogen functional groups attached to an aromatic ring is 1. The van der Waals surface area contributed by atoms with Crippen LogP contribution in [-0.2, 0) is 12.8 Å². The Kier molecular flexibility index (Phi) is 4.48. The van der Waals surface area contributed by atoms with E-state index in [4.69, 9.17) is 11.5 Å². The maximum atomic E-state index is 11.6. The Morgan fingerprint density at radius 2 is 1.57 bits per heavy atom. The van der Waals surface area contributed by atoms with E-state index in [0.29, 0.717) is 16.9 Å². The van der Waals surface area contributed by atoms with E-state index >= 15 is 0 Å². The fourth-order valence-corrected chi connectivity index (χ4v) is 2.44. The molecular weight excluding hydrogens is 262 g/mol. The molecule has 0 heterocycles. The number of rotatable bonds is 5. The number of hydrogen-bond donors (Lipinski definition) is 3. The van der Waals surface area contributed by atoms with Gasteiger partial charge in [0, 0.05) is 5.69 Å². The third-order valence-electron chi connectivity index (χ3n) is 3.61. The van der Waals surface area contributed by atoms with Crippen LogP contribution in [0.2, 0.25) is 0 Å². The molecule has 0 bridgehead atoms. The van der Waals surface area contributed by atoms with Gasteiger partial charge in [0.05, 0.1) is 16.9 Å². The van der Waals surface area contributed by atoms with Crippen LogP contribution in [0.5, 0.6) is 0 Å². The number of carbonyl (C=O) groups is 1. The van der Waals surface area contributed by atoms with Gasteiger partial charge in [0.15, 0.2) is 0 Å². The summed E-state index contributed by atoms with van der Waals surface area (Å²) in [5, 5.41) is 3.34. The molecule has 0 radical (unpaired) electrons. The summed E-state index contributed by atoms with van der Waals surface area (Å²) < 4.78 is 0. The van der Waals surface area contributed by atoms with Crippen LogP contribution in [-0.4, -0.2) is 5.91 Å². The lowest BCUT2D eigenvalue weighted by Crippen LogP contribution is -2.15. The minimum atomic E-state index is -0.489. The maximum absolute atomic E-state index is 11.6. The largest absolute Gasteiger partial charge is 0.397 e. The van der Waals surface area contributed by atoms with Crippen molar-refractivity contribution < 1.29 is 4.79 Å². The molecule has 4 heteroatoms. The summed E-state index contributed by atoms with van der Waals surface area (Å²) in [4.78, 5) is 11.6. The standard InChI is InChI=1S/C17H21N3O/c1-3-11-7-5-8-12(4-2)15(11)20-16-13(17(19)21)9-6-10-14(16)18/h5-10,20H,3-4,18H2,1-2H3,(H2,19,21). The van der Waals surface area contributed by atoms with Crippen molar-refractivity contribution in [2.75, 3.05) is 11.1 Å². The number of hydrogen-bond acceptors (Lipinski definition) is 3. The first-order valence-electron chi connectivity index (χ1n) is 7.14. The number of primary amides is 1. The van der Waals surface area contributed by atoms with Crippen LogP contribution >= 0.6 is 0 Å². The molecule has 0 fully saturated rings. The number of aryl methyl sites for hydroxylation is 2. The minimum Gasteiger partial charge on any atom is -0.397 e. The van der Waals surface area contributed by atoms with Crippen molar-refractivity contribution in [1.29, 1.82) is 0 Å². The molecule has 4 nitrogen and oxygen atoms in total. The van der Waals surface area contributed by atoms with E-state index in [2.05, 4.69) is 31.3 Å². The van der Waals surface area contributed by atoms with Gasteiger partial charge in [-0.05, 0) is 36.1 Å². The molecular formula is C17H21N3O. The van der Waals surface area contributed by atoms with E-state index in [1.165, 1.54) is 11.1 Å². The number of amides is 1. The van der Waals surface area contributed by atoms with Crippen molar-refractivity contribution in [2.45, 2.75) is 26.7 Å². The fourth-order valence-electron chi connectivity index (χ4n) is 2.44. The summed E-state index contributed by atoms with van der Waals surface area (Å²) in [6.07, 6.45) is 1.80. The van der Waals surface area contributed by atoms with Crippen molar-refractivity contribution >= 4 is 23.0 Å². The highest BCUT2D eigenvalue weighted by Gasteiger charge is 2.14. The van der Waals surface area contributed by atoms with E-state index in [1.807, 2.05) is 6.07 Å². The summed E-state index contributed by atoms with van der Waals surface area (Å²) in [6.45, 7) is 4.20. The average molecular weight is 283 g/mol. The first kappa shape index (κ1) is 14.9. The topological polar surface area (TPSA) is 81.1 Å². The van der Waals surface area contributed by atoms with Gasteiger partial charge in [-0.2, -0.15) is 0 Å². The Morgan fingerprint density at radius 3 is 2.10 bits per heavy atom. The molecule has 0 spiro atoms. The third kappa shape index (κ3) is 2.99. The normalized spacial score (nSPS) is 10.4. The molecule has 0 aliphatic heterocycles. The van der Waals surface area contributed by atoms with Gasteiger partial charge in [0.1, 0.15) is 0 Å². The minimum absolute atomic E-state index is 0.406. The molecule has 0 aliphatic rings. The van der Waals surface area contributed by atoms with Crippen LogP contribution in [0.1, 0.15) is 35.3 Å². The highest BCUT2D eigenvalue weighted by atomic mass is 16.1. The zero-order valence-electron chi connectivity index (χ0n) is 12.4. The van der Waals surface area contributed by atoms with Gasteiger partial charge >= 0.3 is 0 Å². The number of anilines is 3. The molecule has 0 aliphatic carbocycles. The van der Waals surface area contributed by atoms with Gasteiger partial charge in [0.25, 0.3) is 5.91 Å². The van der Waals surface area contributed by atoms with E-state index in [0.717, 1.165) is 18.5 Å². The molecule has 5 N–H and O–H groups in total. The van der Waals surface area contributed by atoms with Crippen LogP contribution in [0, 0.1) is 0 Å². The van der Waals surface area contributed by atoms with Gasteiger partial charge in [0.2, 0.25) is 0 Å². The van der Waals surface area contributed by atoms with Gasteiger partial charge in [-0.3, -0.25) is 4.79 Å². The Hall–Kier alpha value is -2.49. The summed E-state index contributed by atoms with van der Waals surface area (Å²) in [5.41, 5.74) is 16.4. The van der Waals surface area contributed by atoms with Gasteiger partial charge in [-0.25, -0.2) is 0 Å². The highest BCUT2D eigenvalue weighted by Crippen LogP contribution is 2.31. The van der Waals surface area contributed by atoms with Crippen LogP contribution in [0.25, 0.3) is 0 Å². The third-order valence-corrected chi connectivity index (χ3v) is 3.61. The zero-order chi connectivity index (χ0) is 15.4. The number of benzene rings is 2. The molecule has 2 rings (SSSR count). The second-order valence-electron chi connectivity index (χ2n) is 4.92. The van der Waals surface area contributed by atoms with Crippen molar-refractivity contribution in [3.8, 4) is 0 Å². The van der Waals surface area contributed by atoms with Crippen LogP contribution in [0.15, 0.2) is 36.4 Å². The molecule has 2 aromatic carbocycles. The van der Waals surface area contributed by atoms with Crippen molar-refractivity contribution in [1.82, 2.24) is 0 Å². The maximum Gasteiger partial charge on any atom is 0.250 e. The number of nitrogens with one attached hydrogen (secondary N) is 1. The second-order valence-corrected chi connectivity index (χ2v) is 4.92. The Labute approximate surface area is 125 Å². The Balaban J connectivity index is 2.55. The van der Waals surface area contributed by atoms with Crippen LogP contribution in [0.3, 0.4) is 0 Å². The number of nitrogens with two attached hydrogens (primary N) is 2. The predicted molar refractivity (Wildman–Crippen MR) is 87.9 cm³/mol. The molecule has 0 unspecified atom stereocenters. The first-order chi connectivity index (χ1) is 10.1. The zero-order valence-corrected chi connectivity index (χ0v) is 12.4. The monoisotopic (exact) mass is 283 g/mol.